The van der Waals surface area contributed by atoms with Gasteiger partial charge in [-0.1, -0.05) is 65.1 Å². The van der Waals surface area contributed by atoms with Crippen LogP contribution < -0.4 is 0 Å². The van der Waals surface area contributed by atoms with E-state index in [9.17, 15) is 14.4 Å². The van der Waals surface area contributed by atoms with Crippen molar-refractivity contribution in [2.75, 3.05) is 0 Å². The fourth-order valence-electron chi connectivity index (χ4n) is 2.90. The van der Waals surface area contributed by atoms with Crippen molar-refractivity contribution in [3.05, 3.63) is 35.9 Å². The first-order valence-corrected chi connectivity index (χ1v) is 10.7. The molecule has 0 spiro atoms. The molecule has 2 rings (SSSR count). The first-order chi connectivity index (χ1) is 15.4. The van der Waals surface area contributed by atoms with Gasteiger partial charge in [-0.2, -0.15) is 0 Å². The highest BCUT2D eigenvalue weighted by Crippen LogP contribution is 2.34. The van der Waals surface area contributed by atoms with Gasteiger partial charge in [0.05, 0.1) is 6.61 Å². The van der Waals surface area contributed by atoms with E-state index in [1.165, 1.54) is 0 Å². The smallest absolute Gasteiger partial charge is 0.305 e. The van der Waals surface area contributed by atoms with Crippen LogP contribution in [-0.4, -0.2) is 58.5 Å². The number of ether oxygens (including phenoxy) is 6. The molecule has 5 atom stereocenters. The maximum atomic E-state index is 11.9. The lowest BCUT2D eigenvalue weighted by molar-refractivity contribution is -0.337. The number of carbonyl (C=O) groups is 3. The lowest BCUT2D eigenvalue weighted by atomic mass is 10.0. The number of hydrogen-bond donors (Lipinski definition) is 1. The van der Waals surface area contributed by atoms with Crippen LogP contribution in [0.5, 0.6) is 0 Å². The fourth-order valence-corrected chi connectivity index (χ4v) is 3.03. The highest BCUT2D eigenvalue weighted by atomic mass is 35.6. The molecule has 0 bridgehead atoms. The van der Waals surface area contributed by atoms with Crippen molar-refractivity contribution in [3.63, 3.8) is 0 Å². The summed E-state index contributed by atoms with van der Waals surface area (Å²) < 4.78 is 30.3. The highest BCUT2D eigenvalue weighted by molar-refractivity contribution is 6.76. The first kappa shape index (κ1) is 27.1. The summed E-state index contributed by atoms with van der Waals surface area (Å²) in [5, 5.41) is 7.89. The van der Waals surface area contributed by atoms with Crippen molar-refractivity contribution >= 4 is 58.6 Å². The zero-order valence-corrected chi connectivity index (χ0v) is 20.1. The third kappa shape index (κ3) is 8.31. The molecule has 33 heavy (non-hydrogen) atoms. The van der Waals surface area contributed by atoms with E-state index < -0.39 is 58.5 Å². The second kappa shape index (κ2) is 11.8. The standard InChI is InChI=1S/C20H22Cl3NO9/c1-10(25)29-14-15(28-9-13-7-5-4-6-8-13)17(33-19(24)20(21,22)23)32-18(31-12(3)27)16(14)30-11(2)26/h4-8,14-18,24H,9H2,1-3H3/t14-,15-,16+,17-,18+/m1/s1. The Balaban J connectivity index is 2.44. The van der Waals surface area contributed by atoms with Crippen molar-refractivity contribution in [1.29, 1.82) is 5.41 Å². The molecule has 182 valence electrons. The van der Waals surface area contributed by atoms with Gasteiger partial charge < -0.3 is 23.7 Å². The molecule has 0 amide bonds. The van der Waals surface area contributed by atoms with Crippen LogP contribution in [-0.2, 0) is 49.4 Å². The van der Waals surface area contributed by atoms with Crippen LogP contribution in [0.4, 0.5) is 0 Å². The number of alkyl halides is 3. The number of rotatable bonds is 7. The van der Waals surface area contributed by atoms with Gasteiger partial charge in [-0.15, -0.1) is 0 Å². The van der Waals surface area contributed by atoms with Crippen molar-refractivity contribution in [1.82, 2.24) is 0 Å². The molecule has 10 nitrogen and oxygen atoms in total. The van der Waals surface area contributed by atoms with Crippen LogP contribution in [0.15, 0.2) is 30.3 Å². The Bertz CT molecular complexity index is 862. The Labute approximate surface area is 204 Å². The molecule has 1 aliphatic heterocycles. The minimum atomic E-state index is -2.26. The molecule has 0 aliphatic carbocycles. The van der Waals surface area contributed by atoms with Gasteiger partial charge >= 0.3 is 17.9 Å². The summed E-state index contributed by atoms with van der Waals surface area (Å²) in [6.45, 7) is 3.30. The third-order valence-corrected chi connectivity index (χ3v) is 4.63. The number of carbonyl (C=O) groups excluding carboxylic acids is 3. The number of halogens is 3. The molecule has 0 saturated carbocycles. The summed E-state index contributed by atoms with van der Waals surface area (Å²) in [6, 6.07) is 8.92. The topological polar surface area (TPSA) is 130 Å². The van der Waals surface area contributed by atoms with Gasteiger partial charge in [0.1, 0.15) is 0 Å². The minimum Gasteiger partial charge on any atom is -0.455 e. The van der Waals surface area contributed by atoms with Crippen molar-refractivity contribution in [2.24, 2.45) is 0 Å². The third-order valence-electron chi connectivity index (χ3n) is 4.12. The molecule has 1 aromatic rings. The van der Waals surface area contributed by atoms with E-state index >= 15 is 0 Å². The Morgan fingerprint density at radius 2 is 1.36 bits per heavy atom. The quantitative estimate of drug-likeness (QED) is 0.187. The molecule has 1 aromatic carbocycles. The summed E-state index contributed by atoms with van der Waals surface area (Å²) in [6.07, 6.45) is -7.23. The van der Waals surface area contributed by atoms with Crippen LogP contribution in [0.1, 0.15) is 26.3 Å². The number of benzene rings is 1. The predicted octanol–water partition coefficient (Wildman–Crippen LogP) is 3.04. The van der Waals surface area contributed by atoms with Crippen LogP contribution in [0.25, 0.3) is 0 Å². The summed E-state index contributed by atoms with van der Waals surface area (Å²) in [7, 11) is 0. The minimum absolute atomic E-state index is 0.0153. The Kier molecular flexibility index (Phi) is 9.74. The average Bonchev–Trinajstić information content (AvgIpc) is 2.69. The number of esters is 3. The molecule has 1 N–H and O–H groups in total. The fraction of sp³-hybridized carbons (Fsp3) is 0.500. The van der Waals surface area contributed by atoms with Crippen LogP contribution in [0, 0.1) is 5.41 Å². The SMILES string of the molecule is CC(=O)O[C@H]1O[C@H](OC(=N)C(Cl)(Cl)Cl)[C@H](OCc2ccccc2)[C@@H](OC(C)=O)[C@@H]1OC(C)=O. The maximum Gasteiger partial charge on any atom is 0.305 e. The van der Waals surface area contributed by atoms with Gasteiger partial charge in [-0.25, -0.2) is 0 Å². The molecule has 0 aromatic heterocycles. The number of hydrogen-bond acceptors (Lipinski definition) is 10. The molecule has 0 unspecified atom stereocenters. The van der Waals surface area contributed by atoms with Gasteiger partial charge in [0.2, 0.25) is 24.6 Å². The molecule has 1 aliphatic rings. The van der Waals surface area contributed by atoms with Crippen LogP contribution in [0.3, 0.4) is 0 Å². The zero-order chi connectivity index (χ0) is 24.8. The summed E-state index contributed by atoms with van der Waals surface area (Å²) in [5.41, 5.74) is 0.737. The van der Waals surface area contributed by atoms with E-state index in [4.69, 9.17) is 68.6 Å². The maximum absolute atomic E-state index is 11.9. The second-order valence-electron chi connectivity index (χ2n) is 6.84. The second-order valence-corrected chi connectivity index (χ2v) is 9.12. The van der Waals surface area contributed by atoms with Crippen LogP contribution in [0.2, 0.25) is 0 Å². The summed E-state index contributed by atoms with van der Waals surface area (Å²) >= 11 is 17.1. The summed E-state index contributed by atoms with van der Waals surface area (Å²) in [5.74, 6) is -3.16. The molecule has 1 heterocycles. The zero-order valence-electron chi connectivity index (χ0n) is 17.8. The molecule has 1 saturated heterocycles. The van der Waals surface area contributed by atoms with Gasteiger partial charge in [0, 0.05) is 20.8 Å². The van der Waals surface area contributed by atoms with Gasteiger partial charge in [-0.3, -0.25) is 24.5 Å². The van der Waals surface area contributed by atoms with E-state index in [2.05, 4.69) is 0 Å². The molecule has 1 fully saturated rings. The normalized spacial score (nSPS) is 25.0. The van der Waals surface area contributed by atoms with Crippen molar-refractivity contribution in [2.45, 2.75) is 62.1 Å². The van der Waals surface area contributed by atoms with E-state index in [1.807, 2.05) is 6.07 Å². The molecular weight excluding hydrogens is 505 g/mol. The molecular formula is C20H22Cl3NO9. The molecule has 0 radical (unpaired) electrons. The lowest BCUT2D eigenvalue weighted by Crippen LogP contribution is -2.62. The van der Waals surface area contributed by atoms with Gasteiger partial charge in [0.15, 0.2) is 12.2 Å². The first-order valence-electron chi connectivity index (χ1n) is 9.53. The van der Waals surface area contributed by atoms with Gasteiger partial charge in [0.25, 0.3) is 3.79 Å². The average molecular weight is 527 g/mol. The van der Waals surface area contributed by atoms with E-state index in [1.54, 1.807) is 24.3 Å². The number of nitrogens with one attached hydrogen (secondary N) is 1. The lowest BCUT2D eigenvalue weighted by Gasteiger charge is -2.44. The van der Waals surface area contributed by atoms with Crippen molar-refractivity contribution in [3.8, 4) is 0 Å². The van der Waals surface area contributed by atoms with Gasteiger partial charge in [-0.05, 0) is 5.56 Å². The van der Waals surface area contributed by atoms with Crippen molar-refractivity contribution < 1.29 is 42.8 Å². The Morgan fingerprint density at radius 1 is 0.848 bits per heavy atom. The largest absolute Gasteiger partial charge is 0.455 e. The Morgan fingerprint density at radius 3 is 1.88 bits per heavy atom. The van der Waals surface area contributed by atoms with E-state index in [0.717, 1.165) is 26.3 Å². The summed E-state index contributed by atoms with van der Waals surface area (Å²) in [4.78, 5) is 35.2. The van der Waals surface area contributed by atoms with E-state index in [0.29, 0.717) is 0 Å². The monoisotopic (exact) mass is 525 g/mol. The molecule has 13 heteroatoms. The highest BCUT2D eigenvalue weighted by Gasteiger charge is 2.54. The Hall–Kier alpha value is -2.11. The predicted molar refractivity (Wildman–Crippen MR) is 116 cm³/mol. The van der Waals surface area contributed by atoms with Crippen LogP contribution >= 0.6 is 34.8 Å². The van der Waals surface area contributed by atoms with E-state index in [-0.39, 0.29) is 6.61 Å².